The molecule has 18 heavy (non-hydrogen) atoms. The Morgan fingerprint density at radius 3 is 2.33 bits per heavy atom. The fraction of sp³-hybridized carbons (Fsp3) is 0.667. The number of carbonyl (C=O) groups is 3. The summed E-state index contributed by atoms with van der Waals surface area (Å²) in [5.74, 6) is -2.07. The Hall–Kier alpha value is -0.431. The predicted molar refractivity (Wildman–Crippen MR) is 67.0 cm³/mol. The van der Waals surface area contributed by atoms with E-state index in [0.717, 1.165) is 0 Å². The van der Waals surface area contributed by atoms with Crippen LogP contribution in [0.4, 0.5) is 0 Å². The van der Waals surface area contributed by atoms with E-state index in [9.17, 15) is 14.4 Å². The Morgan fingerprint density at radius 2 is 1.89 bits per heavy atom. The number of nitrogens with two attached hydrogens (primary N) is 1. The number of rotatable bonds is 10. The molecule has 0 radical (unpaired) electrons. The number of nitrogens with one attached hydrogen (secondary N) is 1. The van der Waals surface area contributed by atoms with E-state index in [2.05, 4.69) is 21.3 Å². The summed E-state index contributed by atoms with van der Waals surface area (Å²) in [7, 11) is 0. The van der Waals surface area contributed by atoms with E-state index in [4.69, 9.17) is 15.9 Å². The van der Waals surface area contributed by atoms with Crippen molar-refractivity contribution in [1.82, 2.24) is 5.32 Å². The second-order valence-electron chi connectivity index (χ2n) is 3.42. The molecule has 0 fully saturated rings. The van der Waals surface area contributed by atoms with Crippen molar-refractivity contribution in [2.75, 3.05) is 5.44 Å². The van der Waals surface area contributed by atoms with Crippen LogP contribution in [-0.4, -0.2) is 75.3 Å². The van der Waals surface area contributed by atoms with Crippen LogP contribution < -0.4 is 11.1 Å². The molecule has 0 unspecified atom stereocenters. The molecule has 104 valence electrons. The van der Waals surface area contributed by atoms with Crippen molar-refractivity contribution in [1.29, 1.82) is 0 Å². The summed E-state index contributed by atoms with van der Waals surface area (Å²) >= 11 is 1.78. The summed E-state index contributed by atoms with van der Waals surface area (Å²) in [6.07, 6.45) is 0.234. The zero-order valence-corrected chi connectivity index (χ0v) is 13.1. The van der Waals surface area contributed by atoms with Gasteiger partial charge >= 0.3 is 119 Å². The Morgan fingerprint density at radius 1 is 1.28 bits per heavy atom. The van der Waals surface area contributed by atoms with Gasteiger partial charge in [0.25, 0.3) is 0 Å². The molecule has 0 aromatic heterocycles. The van der Waals surface area contributed by atoms with Crippen molar-refractivity contribution < 1.29 is 24.6 Å². The van der Waals surface area contributed by atoms with E-state index >= 15 is 0 Å². The first kappa shape index (κ1) is 17.6. The molecule has 2 atom stereocenters. The van der Waals surface area contributed by atoms with Crippen molar-refractivity contribution in [3.05, 3.63) is 0 Å². The summed E-state index contributed by atoms with van der Waals surface area (Å²) in [4.78, 5) is 32.5. The van der Waals surface area contributed by atoms with Gasteiger partial charge in [-0.3, -0.25) is 0 Å². The summed E-state index contributed by atoms with van der Waals surface area (Å²) in [6, 6.07) is -1.68. The predicted octanol–water partition coefficient (Wildman–Crippen LogP) is -2.27. The van der Waals surface area contributed by atoms with Crippen LogP contribution in [0.5, 0.6) is 0 Å². The number of hydrogen-bond donors (Lipinski definition) is 4. The molecule has 0 amide bonds. The second kappa shape index (κ2) is 9.49. The normalized spacial score (nSPS) is 13.9. The molecule has 0 aromatic carbocycles. The quantitative estimate of drug-likeness (QED) is 0.310. The average molecular weight is 390 g/mol. The molecule has 0 spiro atoms. The van der Waals surface area contributed by atoms with E-state index in [-0.39, 0.29) is 17.5 Å². The molecule has 0 saturated heterocycles. The molecule has 7 nitrogen and oxygen atoms in total. The van der Waals surface area contributed by atoms with Gasteiger partial charge < -0.3 is 0 Å². The van der Waals surface area contributed by atoms with Gasteiger partial charge in [-0.05, 0) is 0 Å². The minimum atomic E-state index is -1.12. The zero-order chi connectivity index (χ0) is 14.1. The van der Waals surface area contributed by atoms with Gasteiger partial charge in [-0.1, -0.05) is 0 Å². The fourth-order valence-corrected chi connectivity index (χ4v) is 3.01. The fourth-order valence-electron chi connectivity index (χ4n) is 0.922. The number of aliphatic carboxylic acids is 2. The summed E-state index contributed by atoms with van der Waals surface area (Å²) in [6.45, 7) is 0. The SMILES string of the molecule is N[C@@H](CCC(=O)[Se]CN[C@@H](C[SeH])C(=O)O)C(=O)O. The molecule has 0 rings (SSSR count). The van der Waals surface area contributed by atoms with Crippen LogP contribution in [0.3, 0.4) is 0 Å². The molecular weight excluding hydrogens is 374 g/mol. The van der Waals surface area contributed by atoms with Gasteiger partial charge in [0.1, 0.15) is 0 Å². The second-order valence-corrected chi connectivity index (χ2v) is 6.35. The Kier molecular flexibility index (Phi) is 9.27. The van der Waals surface area contributed by atoms with E-state index < -0.39 is 39.0 Å². The van der Waals surface area contributed by atoms with Gasteiger partial charge in [0.2, 0.25) is 0 Å². The van der Waals surface area contributed by atoms with Crippen molar-refractivity contribution in [2.24, 2.45) is 5.73 Å². The first-order valence-corrected chi connectivity index (χ1v) is 8.49. The van der Waals surface area contributed by atoms with Gasteiger partial charge in [-0.15, -0.1) is 0 Å². The van der Waals surface area contributed by atoms with Crippen LogP contribution in [0.15, 0.2) is 0 Å². The molecule has 0 saturated carbocycles. The molecule has 0 heterocycles. The van der Waals surface area contributed by atoms with Crippen LogP contribution in [0, 0.1) is 0 Å². The number of carbonyl (C=O) groups excluding carboxylic acids is 1. The molecule has 5 N–H and O–H groups in total. The van der Waals surface area contributed by atoms with Gasteiger partial charge in [0.05, 0.1) is 0 Å². The molecule has 0 bridgehead atoms. The van der Waals surface area contributed by atoms with Crippen LogP contribution in [0.25, 0.3) is 0 Å². The van der Waals surface area contributed by atoms with Crippen LogP contribution in [-0.2, 0) is 14.4 Å². The van der Waals surface area contributed by atoms with Crippen molar-refractivity contribution in [2.45, 2.75) is 30.2 Å². The summed E-state index contributed by atoms with van der Waals surface area (Å²) in [5, 5.41) is 20.4. The molecule has 0 aliphatic carbocycles. The van der Waals surface area contributed by atoms with Gasteiger partial charge in [-0.2, -0.15) is 0 Å². The van der Waals surface area contributed by atoms with Crippen LogP contribution in [0.1, 0.15) is 12.8 Å². The van der Waals surface area contributed by atoms with E-state index in [1.54, 1.807) is 0 Å². The summed E-state index contributed by atoms with van der Waals surface area (Å²) < 4.78 is -0.0681. The third-order valence-corrected chi connectivity index (χ3v) is 4.54. The Bertz CT molecular complexity index is 313. The first-order valence-electron chi connectivity index (χ1n) is 5.09. The molecule has 9 heteroatoms. The van der Waals surface area contributed by atoms with Crippen LogP contribution >= 0.6 is 0 Å². The van der Waals surface area contributed by atoms with E-state index in [1.165, 1.54) is 0 Å². The molecular formula is C9H16N2O5Se2. The van der Waals surface area contributed by atoms with Crippen LogP contribution in [0.2, 0.25) is 5.32 Å². The molecule has 0 aliphatic heterocycles. The minimum absolute atomic E-state index is 0.0681. The van der Waals surface area contributed by atoms with Crippen molar-refractivity contribution in [3.8, 4) is 0 Å². The third-order valence-electron chi connectivity index (χ3n) is 2.02. The van der Waals surface area contributed by atoms with Gasteiger partial charge in [0.15, 0.2) is 0 Å². The maximum atomic E-state index is 11.4. The molecule has 0 aromatic rings. The third kappa shape index (κ3) is 7.81. The Labute approximate surface area is 119 Å². The topological polar surface area (TPSA) is 130 Å². The standard InChI is InChI=1S/C9H16N2O5Se2/c10-5(8(13)14)1-2-7(12)18-4-11-6(3-17)9(15)16/h5-6,11,17H,1-4,10H2,(H,13,14)(H,15,16)/t5-,6-/m0/s1. The van der Waals surface area contributed by atoms with Gasteiger partial charge in [0, 0.05) is 0 Å². The van der Waals surface area contributed by atoms with Gasteiger partial charge in [-0.25, -0.2) is 0 Å². The monoisotopic (exact) mass is 392 g/mol. The number of carboxylic acids is 2. The van der Waals surface area contributed by atoms with E-state index in [0.29, 0.717) is 10.8 Å². The van der Waals surface area contributed by atoms with E-state index in [1.807, 2.05) is 0 Å². The van der Waals surface area contributed by atoms with Crippen molar-refractivity contribution >= 4 is 47.6 Å². The maximum absolute atomic E-state index is 11.4. The van der Waals surface area contributed by atoms with Crippen molar-refractivity contribution in [3.63, 3.8) is 0 Å². The zero-order valence-electron chi connectivity index (χ0n) is 9.54. The number of hydrogen-bond acceptors (Lipinski definition) is 5. The first-order chi connectivity index (χ1) is 8.38. The summed E-state index contributed by atoms with van der Waals surface area (Å²) in [5.41, 5.74) is 5.58. The Balaban J connectivity index is 3.77. The molecule has 0 aliphatic rings. The number of carboxylic acid groups (broad SMARTS) is 2. The average Bonchev–Trinajstić information content (AvgIpc) is 2.30.